The summed E-state index contributed by atoms with van der Waals surface area (Å²) in [7, 11) is 0. The zero-order valence-corrected chi connectivity index (χ0v) is 13.4. The maximum Gasteiger partial charge on any atom is 0.340 e. The largest absolute Gasteiger partial charge is 0.452 e. The molecule has 0 saturated carbocycles. The molecule has 3 amide bonds. The van der Waals surface area contributed by atoms with Gasteiger partial charge in [0.2, 0.25) is 0 Å². The summed E-state index contributed by atoms with van der Waals surface area (Å²) < 4.78 is 6.73. The summed E-state index contributed by atoms with van der Waals surface area (Å²) >= 11 is 0. The van der Waals surface area contributed by atoms with Crippen molar-refractivity contribution in [1.82, 2.24) is 25.0 Å². The van der Waals surface area contributed by atoms with Crippen LogP contribution in [-0.4, -0.2) is 57.3 Å². The van der Waals surface area contributed by atoms with Gasteiger partial charge in [-0.15, -0.1) is 0 Å². The average Bonchev–Trinajstić information content (AvgIpc) is 3.17. The van der Waals surface area contributed by atoms with Gasteiger partial charge in [-0.1, -0.05) is 0 Å². The van der Waals surface area contributed by atoms with Crippen LogP contribution in [0.25, 0.3) is 11.0 Å². The molecule has 0 aliphatic carbocycles. The summed E-state index contributed by atoms with van der Waals surface area (Å²) in [5.41, 5.74) is 0.899. The maximum atomic E-state index is 12.1. The fourth-order valence-electron chi connectivity index (χ4n) is 2.43. The van der Waals surface area contributed by atoms with E-state index in [1.54, 1.807) is 16.9 Å². The first-order valence-corrected chi connectivity index (χ1v) is 7.56. The molecule has 3 heterocycles. The van der Waals surface area contributed by atoms with Crippen LogP contribution in [0, 0.1) is 0 Å². The Labute approximate surface area is 137 Å². The average molecular weight is 331 g/mol. The molecule has 9 nitrogen and oxygen atoms in total. The van der Waals surface area contributed by atoms with E-state index in [4.69, 9.17) is 4.74 Å². The van der Waals surface area contributed by atoms with Crippen molar-refractivity contribution in [3.8, 4) is 0 Å². The van der Waals surface area contributed by atoms with Crippen molar-refractivity contribution in [2.24, 2.45) is 0 Å². The van der Waals surface area contributed by atoms with Crippen LogP contribution < -0.4 is 5.32 Å². The van der Waals surface area contributed by atoms with Gasteiger partial charge >= 0.3 is 12.0 Å². The van der Waals surface area contributed by atoms with Gasteiger partial charge in [-0.25, -0.2) is 19.3 Å². The molecule has 126 valence electrons. The fourth-order valence-corrected chi connectivity index (χ4v) is 2.43. The molecule has 2 aromatic heterocycles. The summed E-state index contributed by atoms with van der Waals surface area (Å²) in [4.78, 5) is 40.5. The molecular weight excluding hydrogens is 314 g/mol. The molecular formula is C15H17N5O4. The van der Waals surface area contributed by atoms with Crippen LogP contribution >= 0.6 is 0 Å². The number of urea groups is 1. The fraction of sp³-hybridized carbons (Fsp3) is 0.400. The third kappa shape index (κ3) is 2.92. The van der Waals surface area contributed by atoms with Crippen molar-refractivity contribution in [1.29, 1.82) is 0 Å². The second-order valence-electron chi connectivity index (χ2n) is 5.67. The zero-order valence-electron chi connectivity index (χ0n) is 13.4. The Kier molecular flexibility index (Phi) is 4.15. The van der Waals surface area contributed by atoms with E-state index >= 15 is 0 Å². The lowest BCUT2D eigenvalue weighted by molar-refractivity contribution is -0.130. The van der Waals surface area contributed by atoms with Crippen molar-refractivity contribution in [3.05, 3.63) is 24.0 Å². The molecule has 1 aliphatic heterocycles. The minimum Gasteiger partial charge on any atom is -0.452 e. The number of hydrogen-bond acceptors (Lipinski definition) is 6. The molecule has 0 radical (unpaired) electrons. The van der Waals surface area contributed by atoms with Gasteiger partial charge in [0.05, 0.1) is 11.8 Å². The quantitative estimate of drug-likeness (QED) is 0.828. The van der Waals surface area contributed by atoms with Gasteiger partial charge < -0.3 is 10.1 Å². The van der Waals surface area contributed by atoms with Crippen molar-refractivity contribution < 1.29 is 19.1 Å². The van der Waals surface area contributed by atoms with Crippen molar-refractivity contribution in [2.45, 2.75) is 19.9 Å². The summed E-state index contributed by atoms with van der Waals surface area (Å²) in [6, 6.07) is 1.29. The molecule has 24 heavy (non-hydrogen) atoms. The second-order valence-corrected chi connectivity index (χ2v) is 5.67. The number of carbonyl (C=O) groups excluding carboxylic acids is 3. The molecule has 0 aromatic carbocycles. The number of aromatic nitrogens is 3. The molecule has 1 N–H and O–H groups in total. The number of nitrogens with zero attached hydrogens (tertiary/aromatic N) is 4. The standard InChI is InChI=1S/C15H17N5O4/c1-9(2)20-13-10(7-18-20)5-11(6-17-13)14(22)24-8-12(21)19-4-3-16-15(19)23/h5-7,9H,3-4,8H2,1-2H3,(H,16,23). The summed E-state index contributed by atoms with van der Waals surface area (Å²) in [6.45, 7) is 4.15. The van der Waals surface area contributed by atoms with Crippen molar-refractivity contribution in [3.63, 3.8) is 0 Å². The van der Waals surface area contributed by atoms with Gasteiger partial charge in [0.25, 0.3) is 5.91 Å². The number of rotatable bonds is 4. The normalized spacial score (nSPS) is 14.3. The highest BCUT2D eigenvalue weighted by Crippen LogP contribution is 2.17. The molecule has 3 rings (SSSR count). The second kappa shape index (κ2) is 6.26. The number of imide groups is 1. The number of amides is 3. The van der Waals surface area contributed by atoms with E-state index in [-0.39, 0.29) is 18.2 Å². The minimum atomic E-state index is -0.672. The van der Waals surface area contributed by atoms with E-state index in [2.05, 4.69) is 15.4 Å². The van der Waals surface area contributed by atoms with Crippen molar-refractivity contribution >= 4 is 28.9 Å². The van der Waals surface area contributed by atoms with Crippen LogP contribution in [0.3, 0.4) is 0 Å². The van der Waals surface area contributed by atoms with Gasteiger partial charge in [-0.05, 0) is 19.9 Å². The number of ether oxygens (including phenoxy) is 1. The van der Waals surface area contributed by atoms with Gasteiger partial charge in [0.15, 0.2) is 12.3 Å². The first kappa shape index (κ1) is 15.9. The van der Waals surface area contributed by atoms with E-state index in [1.807, 2.05) is 13.8 Å². The zero-order chi connectivity index (χ0) is 17.3. The van der Waals surface area contributed by atoms with Crippen LogP contribution in [-0.2, 0) is 9.53 Å². The lowest BCUT2D eigenvalue weighted by Crippen LogP contribution is -2.37. The van der Waals surface area contributed by atoms with Gasteiger partial charge in [0, 0.05) is 30.7 Å². The third-order valence-electron chi connectivity index (χ3n) is 3.64. The van der Waals surface area contributed by atoms with Crippen molar-refractivity contribution in [2.75, 3.05) is 19.7 Å². The Morgan fingerprint density at radius 1 is 1.38 bits per heavy atom. The molecule has 0 unspecified atom stereocenters. The number of hydrogen-bond donors (Lipinski definition) is 1. The maximum absolute atomic E-state index is 12.1. The summed E-state index contributed by atoms with van der Waals surface area (Å²) in [5, 5.41) is 7.45. The van der Waals surface area contributed by atoms with Crippen LogP contribution in [0.2, 0.25) is 0 Å². The molecule has 0 spiro atoms. The van der Waals surface area contributed by atoms with E-state index in [0.29, 0.717) is 17.6 Å². The third-order valence-corrected chi connectivity index (χ3v) is 3.64. The predicted octanol–water partition coefficient (Wildman–Crippen LogP) is 0.721. The Balaban J connectivity index is 1.68. The Morgan fingerprint density at radius 3 is 2.83 bits per heavy atom. The predicted molar refractivity (Wildman–Crippen MR) is 83.3 cm³/mol. The number of nitrogens with one attached hydrogen (secondary N) is 1. The van der Waals surface area contributed by atoms with Gasteiger partial charge in [-0.2, -0.15) is 5.10 Å². The highest BCUT2D eigenvalue weighted by Gasteiger charge is 2.27. The first-order valence-electron chi connectivity index (χ1n) is 7.56. The minimum absolute atomic E-state index is 0.150. The van der Waals surface area contributed by atoms with E-state index in [9.17, 15) is 14.4 Å². The molecule has 1 saturated heterocycles. The van der Waals surface area contributed by atoms with Crippen LogP contribution in [0.15, 0.2) is 18.5 Å². The Bertz CT molecular complexity index is 813. The topological polar surface area (TPSA) is 106 Å². The van der Waals surface area contributed by atoms with E-state index < -0.39 is 24.5 Å². The van der Waals surface area contributed by atoms with Crippen LogP contribution in [0.1, 0.15) is 30.2 Å². The Morgan fingerprint density at radius 2 is 2.17 bits per heavy atom. The lowest BCUT2D eigenvalue weighted by Gasteiger charge is -2.12. The highest BCUT2D eigenvalue weighted by molar-refractivity contribution is 5.98. The van der Waals surface area contributed by atoms with Crippen LogP contribution in [0.5, 0.6) is 0 Å². The first-order chi connectivity index (χ1) is 11.5. The number of pyridine rings is 1. The molecule has 1 fully saturated rings. The molecule has 1 aliphatic rings. The van der Waals surface area contributed by atoms with Gasteiger partial charge in [0.1, 0.15) is 0 Å². The smallest absolute Gasteiger partial charge is 0.340 e. The van der Waals surface area contributed by atoms with E-state index in [0.717, 1.165) is 4.90 Å². The summed E-state index contributed by atoms with van der Waals surface area (Å²) in [5.74, 6) is -1.23. The number of carbonyl (C=O) groups is 3. The number of fused-ring (bicyclic) bond motifs is 1. The summed E-state index contributed by atoms with van der Waals surface area (Å²) in [6.07, 6.45) is 3.01. The number of esters is 1. The molecule has 0 atom stereocenters. The Hall–Kier alpha value is -2.97. The molecule has 0 bridgehead atoms. The van der Waals surface area contributed by atoms with E-state index in [1.165, 1.54) is 6.20 Å². The SMILES string of the molecule is CC(C)n1ncc2cc(C(=O)OCC(=O)N3CCNC3=O)cnc21. The highest BCUT2D eigenvalue weighted by atomic mass is 16.5. The van der Waals surface area contributed by atoms with Crippen LogP contribution in [0.4, 0.5) is 4.79 Å². The molecule has 2 aromatic rings. The lowest BCUT2D eigenvalue weighted by atomic mass is 10.2. The monoisotopic (exact) mass is 331 g/mol. The molecule has 9 heteroatoms. The van der Waals surface area contributed by atoms with Gasteiger partial charge in [-0.3, -0.25) is 9.69 Å².